The van der Waals surface area contributed by atoms with E-state index < -0.39 is 0 Å². The van der Waals surface area contributed by atoms with Crippen molar-refractivity contribution in [3.05, 3.63) is 59.1 Å². The average molecular weight is 354 g/mol. The Morgan fingerprint density at radius 2 is 1.77 bits per heavy atom. The summed E-state index contributed by atoms with van der Waals surface area (Å²) in [6.07, 6.45) is 0. The molecule has 0 aliphatic heterocycles. The van der Waals surface area contributed by atoms with Crippen LogP contribution in [0.4, 0.5) is 0 Å². The van der Waals surface area contributed by atoms with E-state index in [2.05, 4.69) is 21.0 Å². The van der Waals surface area contributed by atoms with Crippen molar-refractivity contribution in [1.29, 1.82) is 0 Å². The van der Waals surface area contributed by atoms with Gasteiger partial charge in [0.2, 0.25) is 5.88 Å². The maximum Gasteiger partial charge on any atom is 0.243 e. The zero-order chi connectivity index (χ0) is 15.1. The summed E-state index contributed by atoms with van der Waals surface area (Å²) in [5.41, 5.74) is 3.45. The number of benzene rings is 2. The molecule has 0 aliphatic carbocycles. The van der Waals surface area contributed by atoms with Gasteiger partial charge in [-0.2, -0.15) is 9.78 Å². The van der Waals surface area contributed by atoms with Gasteiger partial charge in [0.1, 0.15) is 5.52 Å². The third kappa shape index (κ3) is 2.05. The number of aromatic nitrogens is 3. The van der Waals surface area contributed by atoms with Gasteiger partial charge in [-0.1, -0.05) is 34.1 Å². The van der Waals surface area contributed by atoms with Gasteiger partial charge in [-0.25, -0.2) is 4.98 Å². The number of para-hydroxylation sites is 1. The fraction of sp³-hybridized carbons (Fsp3) is 0.0588. The highest BCUT2D eigenvalue weighted by atomic mass is 79.9. The Hall–Kier alpha value is -2.40. The van der Waals surface area contributed by atoms with Crippen molar-refractivity contribution in [2.45, 2.75) is 0 Å². The Morgan fingerprint density at radius 3 is 2.55 bits per heavy atom. The standard InChI is InChI=1S/C17H12BrN3O/c1-22-17-16-15(10-11-4-2-3-5-14(11)19-16)20-21(17)13-8-6-12(18)7-9-13/h2-10H,1H3. The maximum atomic E-state index is 5.56. The van der Waals surface area contributed by atoms with Crippen molar-refractivity contribution in [3.8, 4) is 11.6 Å². The summed E-state index contributed by atoms with van der Waals surface area (Å²) >= 11 is 3.44. The minimum atomic E-state index is 0.642. The Labute approximate surface area is 135 Å². The molecule has 0 amide bonds. The highest BCUT2D eigenvalue weighted by Gasteiger charge is 2.15. The van der Waals surface area contributed by atoms with Crippen molar-refractivity contribution in [2.24, 2.45) is 0 Å². The van der Waals surface area contributed by atoms with Crippen molar-refractivity contribution in [2.75, 3.05) is 7.11 Å². The normalized spacial score (nSPS) is 11.2. The second-order valence-corrected chi connectivity index (χ2v) is 5.86. The van der Waals surface area contributed by atoms with Gasteiger partial charge in [0.05, 0.1) is 18.3 Å². The van der Waals surface area contributed by atoms with Gasteiger partial charge in [-0.3, -0.25) is 0 Å². The van der Waals surface area contributed by atoms with Gasteiger partial charge in [-0.05, 0) is 36.4 Å². The highest BCUT2D eigenvalue weighted by Crippen LogP contribution is 2.29. The second kappa shape index (κ2) is 5.10. The van der Waals surface area contributed by atoms with Gasteiger partial charge in [0, 0.05) is 9.86 Å². The lowest BCUT2D eigenvalue weighted by Gasteiger charge is -2.05. The number of fused-ring (bicyclic) bond motifs is 2. The molecule has 2 heterocycles. The van der Waals surface area contributed by atoms with Crippen LogP contribution in [-0.2, 0) is 0 Å². The summed E-state index contributed by atoms with van der Waals surface area (Å²) in [7, 11) is 1.64. The maximum absolute atomic E-state index is 5.56. The molecule has 2 aromatic heterocycles. The first-order valence-corrected chi connectivity index (χ1v) is 7.64. The Kier molecular flexibility index (Phi) is 3.08. The number of methoxy groups -OCH3 is 1. The van der Waals surface area contributed by atoms with E-state index in [0.29, 0.717) is 5.88 Å². The van der Waals surface area contributed by atoms with Gasteiger partial charge in [0.25, 0.3) is 0 Å². The molecule has 0 N–H and O–H groups in total. The van der Waals surface area contributed by atoms with Gasteiger partial charge in [0.15, 0.2) is 5.52 Å². The topological polar surface area (TPSA) is 39.9 Å². The molecule has 22 heavy (non-hydrogen) atoms. The summed E-state index contributed by atoms with van der Waals surface area (Å²) in [6.45, 7) is 0. The Morgan fingerprint density at radius 1 is 1.00 bits per heavy atom. The summed E-state index contributed by atoms with van der Waals surface area (Å²) in [5.74, 6) is 0.642. The van der Waals surface area contributed by atoms with Crippen LogP contribution in [0.25, 0.3) is 27.6 Å². The van der Waals surface area contributed by atoms with Gasteiger partial charge < -0.3 is 4.74 Å². The van der Waals surface area contributed by atoms with Crippen molar-refractivity contribution in [1.82, 2.24) is 14.8 Å². The predicted molar refractivity (Wildman–Crippen MR) is 90.6 cm³/mol. The lowest BCUT2D eigenvalue weighted by molar-refractivity contribution is 0.387. The number of nitrogens with zero attached hydrogens (tertiary/aromatic N) is 3. The molecular weight excluding hydrogens is 342 g/mol. The van der Waals surface area contributed by atoms with E-state index in [1.165, 1.54) is 0 Å². The molecule has 0 radical (unpaired) electrons. The van der Waals surface area contributed by atoms with Crippen LogP contribution >= 0.6 is 15.9 Å². The molecule has 0 atom stereocenters. The first-order chi connectivity index (χ1) is 10.8. The van der Waals surface area contributed by atoms with Crippen LogP contribution in [0.2, 0.25) is 0 Å². The number of rotatable bonds is 2. The molecule has 4 rings (SSSR count). The predicted octanol–water partition coefficient (Wildman–Crippen LogP) is 4.34. The summed E-state index contributed by atoms with van der Waals surface area (Å²) in [4.78, 5) is 4.69. The molecule has 5 heteroatoms. The zero-order valence-corrected chi connectivity index (χ0v) is 13.4. The number of hydrogen-bond acceptors (Lipinski definition) is 3. The number of halogens is 1. The Balaban J connectivity index is 2.02. The molecule has 4 nitrogen and oxygen atoms in total. The van der Waals surface area contributed by atoms with Crippen LogP contribution < -0.4 is 4.74 Å². The lowest BCUT2D eigenvalue weighted by Crippen LogP contribution is -1.99. The van der Waals surface area contributed by atoms with Crippen LogP contribution in [-0.4, -0.2) is 21.9 Å². The van der Waals surface area contributed by atoms with Gasteiger partial charge in [-0.15, -0.1) is 0 Å². The summed E-state index contributed by atoms with van der Waals surface area (Å²) in [5, 5.41) is 5.72. The highest BCUT2D eigenvalue weighted by molar-refractivity contribution is 9.10. The summed E-state index contributed by atoms with van der Waals surface area (Å²) < 4.78 is 8.36. The second-order valence-electron chi connectivity index (χ2n) is 4.95. The third-order valence-electron chi connectivity index (χ3n) is 3.57. The molecule has 0 bridgehead atoms. The fourth-order valence-electron chi connectivity index (χ4n) is 2.53. The monoisotopic (exact) mass is 353 g/mol. The number of pyridine rings is 1. The zero-order valence-electron chi connectivity index (χ0n) is 11.8. The van der Waals surface area contributed by atoms with E-state index in [-0.39, 0.29) is 0 Å². The lowest BCUT2D eigenvalue weighted by atomic mass is 10.2. The Bertz CT molecular complexity index is 976. The largest absolute Gasteiger partial charge is 0.479 e. The van der Waals surface area contributed by atoms with Crippen LogP contribution in [0.3, 0.4) is 0 Å². The van der Waals surface area contributed by atoms with E-state index in [1.54, 1.807) is 11.8 Å². The molecule has 0 fully saturated rings. The number of hydrogen-bond donors (Lipinski definition) is 0. The first kappa shape index (κ1) is 13.3. The van der Waals surface area contributed by atoms with Crippen molar-refractivity contribution in [3.63, 3.8) is 0 Å². The first-order valence-electron chi connectivity index (χ1n) is 6.85. The third-order valence-corrected chi connectivity index (χ3v) is 4.10. The van der Waals surface area contributed by atoms with E-state index in [4.69, 9.17) is 9.72 Å². The molecule has 2 aromatic carbocycles. The molecule has 0 unspecified atom stereocenters. The summed E-state index contributed by atoms with van der Waals surface area (Å²) in [6, 6.07) is 18.0. The van der Waals surface area contributed by atoms with Crippen LogP contribution in [0.5, 0.6) is 5.88 Å². The fourth-order valence-corrected chi connectivity index (χ4v) is 2.80. The van der Waals surface area contributed by atoms with Crippen LogP contribution in [0, 0.1) is 0 Å². The number of ether oxygens (including phenoxy) is 1. The van der Waals surface area contributed by atoms with Crippen LogP contribution in [0.15, 0.2) is 59.1 Å². The quantitative estimate of drug-likeness (QED) is 0.538. The smallest absolute Gasteiger partial charge is 0.243 e. The molecule has 0 saturated heterocycles. The molecule has 0 spiro atoms. The molecule has 108 valence electrons. The SMILES string of the molecule is COc1c2nc3ccccc3cc2nn1-c1ccc(Br)cc1. The minimum Gasteiger partial charge on any atom is -0.479 e. The minimum absolute atomic E-state index is 0.642. The van der Waals surface area contributed by atoms with E-state index in [9.17, 15) is 0 Å². The van der Waals surface area contributed by atoms with Crippen molar-refractivity contribution < 1.29 is 4.74 Å². The van der Waals surface area contributed by atoms with Crippen LogP contribution in [0.1, 0.15) is 0 Å². The van der Waals surface area contributed by atoms with Gasteiger partial charge >= 0.3 is 0 Å². The molecular formula is C17H12BrN3O. The van der Waals surface area contributed by atoms with Crippen molar-refractivity contribution >= 4 is 37.9 Å². The van der Waals surface area contributed by atoms with E-state index in [1.807, 2.05) is 54.6 Å². The van der Waals surface area contributed by atoms with E-state index in [0.717, 1.165) is 32.1 Å². The van der Waals surface area contributed by atoms with E-state index >= 15 is 0 Å². The molecule has 0 aliphatic rings. The average Bonchev–Trinajstić information content (AvgIpc) is 2.90. The molecule has 4 aromatic rings. The molecule has 0 saturated carbocycles.